The molecule has 1 aliphatic rings. The number of carboxylic acid groups (broad SMARTS) is 1. The number of carbonyl (C=O) groups is 1. The van der Waals surface area contributed by atoms with Gasteiger partial charge in [-0.25, -0.2) is 4.79 Å². The molecule has 3 N–H and O–H groups in total. The molecule has 0 bridgehead atoms. The smallest absolute Gasteiger partial charge is 0.407 e. The van der Waals surface area contributed by atoms with E-state index in [1.54, 1.807) is 4.90 Å². The Balaban J connectivity index is 2.50. The van der Waals surface area contributed by atoms with Crippen LogP contribution in [0.5, 0.6) is 0 Å². The maximum absolute atomic E-state index is 11.0. The fraction of sp³-hybridized carbons (Fsp3) is 0.909. The zero-order chi connectivity index (χ0) is 11.3. The van der Waals surface area contributed by atoms with Crippen molar-refractivity contribution in [1.82, 2.24) is 4.90 Å². The first-order chi connectivity index (χ1) is 7.19. The third kappa shape index (κ3) is 3.38. The molecule has 4 heteroatoms. The first kappa shape index (κ1) is 12.3. The van der Waals surface area contributed by atoms with Crippen LogP contribution < -0.4 is 5.73 Å². The van der Waals surface area contributed by atoms with Gasteiger partial charge in [-0.05, 0) is 38.6 Å². The Hall–Kier alpha value is -0.770. The number of rotatable bonds is 4. The van der Waals surface area contributed by atoms with Gasteiger partial charge in [-0.3, -0.25) is 0 Å². The predicted molar refractivity (Wildman–Crippen MR) is 59.8 cm³/mol. The Morgan fingerprint density at radius 2 is 2.27 bits per heavy atom. The number of amides is 1. The van der Waals surface area contributed by atoms with Gasteiger partial charge in [0.25, 0.3) is 0 Å². The molecule has 0 aromatic heterocycles. The van der Waals surface area contributed by atoms with Crippen LogP contribution in [0.25, 0.3) is 0 Å². The highest BCUT2D eigenvalue weighted by Crippen LogP contribution is 2.29. The zero-order valence-corrected chi connectivity index (χ0v) is 9.48. The molecule has 1 aliphatic carbocycles. The van der Waals surface area contributed by atoms with Crippen molar-refractivity contribution in [3.8, 4) is 0 Å². The molecule has 0 spiro atoms. The first-order valence-corrected chi connectivity index (χ1v) is 5.88. The minimum Gasteiger partial charge on any atom is -0.465 e. The van der Waals surface area contributed by atoms with Crippen LogP contribution in [0.15, 0.2) is 0 Å². The van der Waals surface area contributed by atoms with Gasteiger partial charge in [0, 0.05) is 12.6 Å². The minimum atomic E-state index is -0.782. The van der Waals surface area contributed by atoms with E-state index in [-0.39, 0.29) is 6.04 Å². The average Bonchev–Trinajstić information content (AvgIpc) is 2.19. The van der Waals surface area contributed by atoms with E-state index in [1.165, 1.54) is 6.42 Å². The lowest BCUT2D eigenvalue weighted by atomic mass is 9.83. The van der Waals surface area contributed by atoms with Crippen molar-refractivity contribution in [2.24, 2.45) is 11.7 Å². The van der Waals surface area contributed by atoms with Crippen LogP contribution in [-0.2, 0) is 0 Å². The molecule has 1 saturated carbocycles. The Kier molecular flexibility index (Phi) is 4.88. The molecule has 15 heavy (non-hydrogen) atoms. The van der Waals surface area contributed by atoms with Crippen molar-refractivity contribution < 1.29 is 9.90 Å². The highest BCUT2D eigenvalue weighted by Gasteiger charge is 2.27. The third-order valence-corrected chi connectivity index (χ3v) is 3.36. The average molecular weight is 214 g/mol. The molecule has 0 saturated heterocycles. The van der Waals surface area contributed by atoms with E-state index in [4.69, 9.17) is 10.8 Å². The zero-order valence-electron chi connectivity index (χ0n) is 9.48. The SMILES string of the molecule is CCN(C(=O)O)[C@H]1CCC[C@@H](CCN)C1. The van der Waals surface area contributed by atoms with Gasteiger partial charge in [0.15, 0.2) is 0 Å². The van der Waals surface area contributed by atoms with Crippen LogP contribution in [0.4, 0.5) is 4.79 Å². The molecular weight excluding hydrogens is 192 g/mol. The molecule has 88 valence electrons. The van der Waals surface area contributed by atoms with E-state index in [0.29, 0.717) is 12.5 Å². The van der Waals surface area contributed by atoms with Crippen LogP contribution in [0.1, 0.15) is 39.0 Å². The third-order valence-electron chi connectivity index (χ3n) is 3.36. The van der Waals surface area contributed by atoms with Gasteiger partial charge < -0.3 is 15.7 Å². The van der Waals surface area contributed by atoms with Crippen molar-refractivity contribution in [2.75, 3.05) is 13.1 Å². The normalized spacial score (nSPS) is 26.3. The fourth-order valence-electron chi connectivity index (χ4n) is 2.59. The standard InChI is InChI=1S/C11H22N2O2/c1-2-13(11(14)15)10-5-3-4-9(8-10)6-7-12/h9-10H,2-8,12H2,1H3,(H,14,15)/t9-,10-/m0/s1. The molecule has 0 aromatic rings. The lowest BCUT2D eigenvalue weighted by molar-refractivity contribution is 0.103. The van der Waals surface area contributed by atoms with Gasteiger partial charge in [-0.1, -0.05) is 12.8 Å². The van der Waals surface area contributed by atoms with E-state index in [0.717, 1.165) is 32.2 Å². The van der Waals surface area contributed by atoms with Crippen molar-refractivity contribution in [2.45, 2.75) is 45.1 Å². The van der Waals surface area contributed by atoms with Gasteiger partial charge >= 0.3 is 6.09 Å². The summed E-state index contributed by atoms with van der Waals surface area (Å²) >= 11 is 0. The lowest BCUT2D eigenvalue weighted by Gasteiger charge is -2.35. The topological polar surface area (TPSA) is 66.6 Å². The van der Waals surface area contributed by atoms with Crippen LogP contribution in [0.2, 0.25) is 0 Å². The van der Waals surface area contributed by atoms with Crippen molar-refractivity contribution >= 4 is 6.09 Å². The Morgan fingerprint density at radius 3 is 2.80 bits per heavy atom. The summed E-state index contributed by atoms with van der Waals surface area (Å²) in [5.41, 5.74) is 5.54. The molecule has 1 fully saturated rings. The van der Waals surface area contributed by atoms with Crippen LogP contribution in [0.3, 0.4) is 0 Å². The van der Waals surface area contributed by atoms with Crippen LogP contribution in [0, 0.1) is 5.92 Å². The van der Waals surface area contributed by atoms with Crippen molar-refractivity contribution in [1.29, 1.82) is 0 Å². The first-order valence-electron chi connectivity index (χ1n) is 5.88. The van der Waals surface area contributed by atoms with Crippen molar-refractivity contribution in [3.05, 3.63) is 0 Å². The molecule has 2 atom stereocenters. The number of nitrogens with zero attached hydrogens (tertiary/aromatic N) is 1. The summed E-state index contributed by atoms with van der Waals surface area (Å²) in [5, 5.41) is 9.04. The Morgan fingerprint density at radius 1 is 1.53 bits per heavy atom. The summed E-state index contributed by atoms with van der Waals surface area (Å²) in [6.45, 7) is 3.21. The lowest BCUT2D eigenvalue weighted by Crippen LogP contribution is -2.42. The molecule has 0 aromatic carbocycles. The van der Waals surface area contributed by atoms with Gasteiger partial charge in [-0.2, -0.15) is 0 Å². The highest BCUT2D eigenvalue weighted by molar-refractivity contribution is 5.65. The van der Waals surface area contributed by atoms with E-state index in [1.807, 2.05) is 6.92 Å². The second-order valence-corrected chi connectivity index (χ2v) is 4.33. The van der Waals surface area contributed by atoms with Gasteiger partial charge in [0.1, 0.15) is 0 Å². The largest absolute Gasteiger partial charge is 0.465 e. The minimum absolute atomic E-state index is 0.220. The summed E-state index contributed by atoms with van der Waals surface area (Å²) in [6.07, 6.45) is 4.62. The maximum atomic E-state index is 11.0. The van der Waals surface area contributed by atoms with Crippen LogP contribution in [-0.4, -0.2) is 35.2 Å². The molecule has 0 heterocycles. The Labute approximate surface area is 91.4 Å². The number of hydrogen-bond donors (Lipinski definition) is 2. The fourth-order valence-corrected chi connectivity index (χ4v) is 2.59. The Bertz CT molecular complexity index is 207. The van der Waals surface area contributed by atoms with Gasteiger partial charge in [0.2, 0.25) is 0 Å². The highest BCUT2D eigenvalue weighted by atomic mass is 16.4. The van der Waals surface area contributed by atoms with Gasteiger partial charge in [0.05, 0.1) is 0 Å². The van der Waals surface area contributed by atoms with E-state index >= 15 is 0 Å². The molecule has 1 rings (SSSR count). The monoisotopic (exact) mass is 214 g/mol. The van der Waals surface area contributed by atoms with Crippen LogP contribution >= 0.6 is 0 Å². The summed E-state index contributed by atoms with van der Waals surface area (Å²) in [6, 6.07) is 0.220. The number of nitrogens with two attached hydrogens (primary N) is 1. The molecule has 0 radical (unpaired) electrons. The second kappa shape index (κ2) is 5.95. The molecule has 0 unspecified atom stereocenters. The molecular formula is C11H22N2O2. The molecule has 0 aliphatic heterocycles. The summed E-state index contributed by atoms with van der Waals surface area (Å²) < 4.78 is 0. The summed E-state index contributed by atoms with van der Waals surface area (Å²) in [4.78, 5) is 12.6. The van der Waals surface area contributed by atoms with Crippen molar-refractivity contribution in [3.63, 3.8) is 0 Å². The molecule has 1 amide bonds. The summed E-state index contributed by atoms with van der Waals surface area (Å²) in [5.74, 6) is 0.627. The molecule has 4 nitrogen and oxygen atoms in total. The van der Waals surface area contributed by atoms with E-state index in [9.17, 15) is 4.79 Å². The predicted octanol–water partition coefficient (Wildman–Crippen LogP) is 1.89. The van der Waals surface area contributed by atoms with E-state index < -0.39 is 6.09 Å². The number of hydrogen-bond acceptors (Lipinski definition) is 2. The maximum Gasteiger partial charge on any atom is 0.407 e. The summed E-state index contributed by atoms with van der Waals surface area (Å²) in [7, 11) is 0. The van der Waals surface area contributed by atoms with E-state index in [2.05, 4.69) is 0 Å². The second-order valence-electron chi connectivity index (χ2n) is 4.33. The van der Waals surface area contributed by atoms with Gasteiger partial charge in [-0.15, -0.1) is 0 Å². The quantitative estimate of drug-likeness (QED) is 0.751.